The molecule has 1 unspecified atom stereocenters. The van der Waals surface area contributed by atoms with Gasteiger partial charge in [-0.2, -0.15) is 0 Å². The number of aliphatic hydroxyl groups excluding tert-OH is 1. The molecular formula is C12H32O8Si3. The molecule has 0 fully saturated rings. The van der Waals surface area contributed by atoms with E-state index in [1.807, 2.05) is 26.6 Å². The predicted octanol–water partition coefficient (Wildman–Crippen LogP) is 0.407. The summed E-state index contributed by atoms with van der Waals surface area (Å²) in [5.74, 6) is 0. The molecule has 0 bridgehead atoms. The van der Waals surface area contributed by atoms with Crippen LogP contribution < -0.4 is 0 Å². The van der Waals surface area contributed by atoms with Crippen molar-refractivity contribution >= 4 is 25.7 Å². The van der Waals surface area contributed by atoms with E-state index >= 15 is 0 Å². The van der Waals surface area contributed by atoms with E-state index in [1.54, 1.807) is 13.1 Å². The molecule has 23 heavy (non-hydrogen) atoms. The molecule has 0 amide bonds. The number of aliphatic hydroxyl groups is 1. The van der Waals surface area contributed by atoms with Crippen LogP contribution >= 0.6 is 0 Å². The maximum absolute atomic E-state index is 9.99. The Balaban J connectivity index is 4.08. The van der Waals surface area contributed by atoms with Gasteiger partial charge in [0, 0.05) is 6.61 Å². The Hall–Kier alpha value is 0.331. The molecule has 11 heteroatoms. The summed E-state index contributed by atoms with van der Waals surface area (Å²) in [6, 6.07) is 0. The second kappa shape index (κ2) is 10.4. The standard InChI is InChI=1S/C12H32O8Si3/c1-7-16-10-17-8-12(13)9-18-11-23(14,15)20-22(5,6)19-21(2,3)4/h12-15H,7-11H2,1-6H3. The lowest BCUT2D eigenvalue weighted by atomic mass is 10.4. The van der Waals surface area contributed by atoms with Gasteiger partial charge in [0.25, 0.3) is 0 Å². The molecule has 0 saturated carbocycles. The highest BCUT2D eigenvalue weighted by Gasteiger charge is 2.43. The minimum absolute atomic E-state index is 0.0469. The first-order chi connectivity index (χ1) is 10.4. The van der Waals surface area contributed by atoms with E-state index in [0.29, 0.717) is 6.61 Å². The molecule has 3 N–H and O–H groups in total. The van der Waals surface area contributed by atoms with Crippen molar-refractivity contribution in [3.63, 3.8) is 0 Å². The zero-order valence-corrected chi connectivity index (χ0v) is 18.0. The van der Waals surface area contributed by atoms with Crippen molar-refractivity contribution in [2.75, 3.05) is 32.8 Å². The lowest BCUT2D eigenvalue weighted by molar-refractivity contribution is -0.0881. The molecule has 1 atom stereocenters. The Labute approximate surface area is 142 Å². The fourth-order valence-electron chi connectivity index (χ4n) is 1.88. The summed E-state index contributed by atoms with van der Waals surface area (Å²) >= 11 is 0. The molecule has 8 nitrogen and oxygen atoms in total. The summed E-state index contributed by atoms with van der Waals surface area (Å²) in [6.45, 7) is 12.0. The quantitative estimate of drug-likeness (QED) is 0.237. The summed E-state index contributed by atoms with van der Waals surface area (Å²) in [6.07, 6.45) is -1.23. The second-order valence-corrected chi connectivity index (χ2v) is 17.0. The van der Waals surface area contributed by atoms with Crippen molar-refractivity contribution < 1.29 is 37.1 Å². The minimum atomic E-state index is -3.99. The summed E-state index contributed by atoms with van der Waals surface area (Å²) in [5, 5.41) is 9.63. The zero-order chi connectivity index (χ0) is 18.1. The van der Waals surface area contributed by atoms with Crippen molar-refractivity contribution in [2.45, 2.75) is 45.8 Å². The average molecular weight is 389 g/mol. The molecule has 0 spiro atoms. The van der Waals surface area contributed by atoms with E-state index in [-0.39, 0.29) is 26.2 Å². The summed E-state index contributed by atoms with van der Waals surface area (Å²) < 4.78 is 26.5. The van der Waals surface area contributed by atoms with Gasteiger partial charge in [-0.25, -0.2) is 0 Å². The maximum Gasteiger partial charge on any atom is 0.513 e. The molecule has 0 aliphatic carbocycles. The number of ether oxygens (including phenoxy) is 3. The van der Waals surface area contributed by atoms with E-state index in [4.69, 9.17) is 22.4 Å². The van der Waals surface area contributed by atoms with Crippen LogP contribution in [0.4, 0.5) is 0 Å². The fraction of sp³-hybridized carbons (Fsp3) is 1.00. The van der Waals surface area contributed by atoms with E-state index in [2.05, 4.69) is 0 Å². The Morgan fingerprint density at radius 3 is 1.96 bits per heavy atom. The van der Waals surface area contributed by atoms with Gasteiger partial charge >= 0.3 is 17.4 Å². The number of hydrogen-bond acceptors (Lipinski definition) is 8. The first-order valence-electron chi connectivity index (χ1n) is 7.63. The van der Waals surface area contributed by atoms with Gasteiger partial charge in [-0.05, 0) is 39.7 Å². The lowest BCUT2D eigenvalue weighted by Crippen LogP contribution is -2.57. The third kappa shape index (κ3) is 14.4. The highest BCUT2D eigenvalue weighted by atomic mass is 28.5. The molecular weight excluding hydrogens is 356 g/mol. The molecule has 0 radical (unpaired) electrons. The summed E-state index contributed by atoms with van der Waals surface area (Å²) in [4.78, 5) is 20.0. The van der Waals surface area contributed by atoms with Gasteiger partial charge in [0.05, 0.1) is 13.2 Å². The van der Waals surface area contributed by atoms with Gasteiger partial charge in [0.2, 0.25) is 0 Å². The van der Waals surface area contributed by atoms with Crippen LogP contribution in [0, 0.1) is 0 Å². The van der Waals surface area contributed by atoms with Crippen LogP contribution in [-0.4, -0.2) is 79.3 Å². The molecule has 0 aromatic rings. The molecule has 0 aliphatic heterocycles. The maximum atomic E-state index is 9.99. The summed E-state index contributed by atoms with van der Waals surface area (Å²) in [5.41, 5.74) is 0. The van der Waals surface area contributed by atoms with Gasteiger partial charge in [-0.15, -0.1) is 0 Å². The fourth-order valence-corrected chi connectivity index (χ4v) is 12.1. The summed E-state index contributed by atoms with van der Waals surface area (Å²) in [7, 11) is -8.47. The predicted molar refractivity (Wildman–Crippen MR) is 92.5 cm³/mol. The Kier molecular flexibility index (Phi) is 10.5. The zero-order valence-electron chi connectivity index (χ0n) is 15.0. The van der Waals surface area contributed by atoms with E-state index in [1.165, 1.54) is 0 Å². The van der Waals surface area contributed by atoms with Crippen LogP contribution in [0.1, 0.15) is 6.92 Å². The lowest BCUT2D eigenvalue weighted by Gasteiger charge is -2.34. The molecule has 0 aromatic heterocycles. The smallest absolute Gasteiger partial charge is 0.437 e. The number of hydrogen-bond donors (Lipinski definition) is 3. The Bertz CT molecular complexity index is 322. The normalized spacial score (nSPS) is 15.0. The number of rotatable bonds is 13. The van der Waals surface area contributed by atoms with Crippen molar-refractivity contribution in [1.82, 2.24) is 0 Å². The molecule has 0 aliphatic rings. The topological polar surface area (TPSA) is 107 Å². The van der Waals surface area contributed by atoms with Crippen LogP contribution in [-0.2, 0) is 22.4 Å². The van der Waals surface area contributed by atoms with Crippen LogP contribution in [0.25, 0.3) is 0 Å². The molecule has 0 heterocycles. The molecule has 0 rings (SSSR count). The Morgan fingerprint density at radius 1 is 0.870 bits per heavy atom. The average Bonchev–Trinajstić information content (AvgIpc) is 2.29. The SMILES string of the molecule is CCOCOCC(O)COC[Si](O)(O)O[Si](C)(C)O[Si](C)(C)C. The van der Waals surface area contributed by atoms with Crippen molar-refractivity contribution in [1.29, 1.82) is 0 Å². The Morgan fingerprint density at radius 2 is 1.43 bits per heavy atom. The van der Waals surface area contributed by atoms with Crippen molar-refractivity contribution in [3.05, 3.63) is 0 Å². The first kappa shape index (κ1) is 23.3. The van der Waals surface area contributed by atoms with Gasteiger partial charge in [-0.1, -0.05) is 0 Å². The highest BCUT2D eigenvalue weighted by Crippen LogP contribution is 2.18. The van der Waals surface area contributed by atoms with Gasteiger partial charge < -0.3 is 37.1 Å². The first-order valence-corrected chi connectivity index (χ1v) is 15.9. The minimum Gasteiger partial charge on any atom is -0.437 e. The third-order valence-corrected chi connectivity index (χ3v) is 10.5. The van der Waals surface area contributed by atoms with Crippen molar-refractivity contribution in [3.8, 4) is 0 Å². The van der Waals surface area contributed by atoms with Crippen LogP contribution in [0.2, 0.25) is 32.7 Å². The van der Waals surface area contributed by atoms with E-state index in [0.717, 1.165) is 0 Å². The third-order valence-electron chi connectivity index (χ3n) is 2.24. The van der Waals surface area contributed by atoms with Gasteiger partial charge in [0.15, 0.2) is 8.32 Å². The largest absolute Gasteiger partial charge is 0.513 e. The van der Waals surface area contributed by atoms with Gasteiger partial charge in [0.1, 0.15) is 19.1 Å². The second-order valence-electron chi connectivity index (χ2n) is 6.61. The molecule has 0 aromatic carbocycles. The molecule has 0 saturated heterocycles. The van der Waals surface area contributed by atoms with Crippen molar-refractivity contribution in [2.24, 2.45) is 0 Å². The van der Waals surface area contributed by atoms with Crippen LogP contribution in [0.5, 0.6) is 0 Å². The van der Waals surface area contributed by atoms with Crippen LogP contribution in [0.3, 0.4) is 0 Å². The van der Waals surface area contributed by atoms with Gasteiger partial charge in [-0.3, -0.25) is 0 Å². The van der Waals surface area contributed by atoms with E-state index < -0.39 is 31.8 Å². The highest BCUT2D eigenvalue weighted by molar-refractivity contribution is 6.84. The van der Waals surface area contributed by atoms with E-state index in [9.17, 15) is 14.7 Å². The monoisotopic (exact) mass is 388 g/mol. The molecule has 140 valence electrons. The van der Waals surface area contributed by atoms with Crippen LogP contribution in [0.15, 0.2) is 0 Å².